The number of hydrogen-bond acceptors (Lipinski definition) is 3. The van der Waals surface area contributed by atoms with Crippen LogP contribution in [0.5, 0.6) is 0 Å². The standard InChI is InChI=1S/C11H14O3/c1-7(12)8-3-5-10(2)9(13)4-6-11(8,10)14/h3,14H,4-6H2,1-2H3/t10-,11+/m1/s1. The van der Waals surface area contributed by atoms with E-state index in [1.807, 2.05) is 0 Å². The molecule has 0 radical (unpaired) electrons. The lowest BCUT2D eigenvalue weighted by molar-refractivity contribution is -0.131. The van der Waals surface area contributed by atoms with Gasteiger partial charge in [-0.1, -0.05) is 6.08 Å². The van der Waals surface area contributed by atoms with Gasteiger partial charge in [-0.25, -0.2) is 0 Å². The molecule has 0 aromatic rings. The first-order valence-electron chi connectivity index (χ1n) is 4.89. The summed E-state index contributed by atoms with van der Waals surface area (Å²) in [5.74, 6) is -0.0431. The molecule has 2 aliphatic carbocycles. The molecule has 3 heteroatoms. The van der Waals surface area contributed by atoms with Crippen LogP contribution in [0.25, 0.3) is 0 Å². The smallest absolute Gasteiger partial charge is 0.158 e. The van der Waals surface area contributed by atoms with Crippen molar-refractivity contribution in [1.29, 1.82) is 0 Å². The molecular weight excluding hydrogens is 180 g/mol. The summed E-state index contributed by atoms with van der Waals surface area (Å²) in [6, 6.07) is 0. The first-order chi connectivity index (χ1) is 6.42. The lowest BCUT2D eigenvalue weighted by atomic mass is 9.74. The molecule has 2 aliphatic rings. The molecule has 1 N–H and O–H groups in total. The molecule has 0 aromatic heterocycles. The fourth-order valence-electron chi connectivity index (χ4n) is 2.70. The molecule has 0 bridgehead atoms. The number of ketones is 2. The van der Waals surface area contributed by atoms with Crippen LogP contribution in [-0.4, -0.2) is 22.3 Å². The Balaban J connectivity index is 2.48. The maximum atomic E-state index is 11.6. The van der Waals surface area contributed by atoms with Crippen molar-refractivity contribution in [2.24, 2.45) is 5.41 Å². The average Bonchev–Trinajstić information content (AvgIpc) is 2.47. The van der Waals surface area contributed by atoms with E-state index in [1.165, 1.54) is 6.92 Å². The summed E-state index contributed by atoms with van der Waals surface area (Å²) in [6.07, 6.45) is 3.00. The Kier molecular flexibility index (Phi) is 1.74. The summed E-state index contributed by atoms with van der Waals surface area (Å²) in [4.78, 5) is 22.9. The van der Waals surface area contributed by atoms with E-state index < -0.39 is 11.0 Å². The number of allylic oxidation sites excluding steroid dienone is 1. The van der Waals surface area contributed by atoms with Gasteiger partial charge in [0.2, 0.25) is 0 Å². The first-order valence-corrected chi connectivity index (χ1v) is 4.89. The molecule has 0 aliphatic heterocycles. The molecule has 0 spiro atoms. The number of fused-ring (bicyclic) bond motifs is 1. The van der Waals surface area contributed by atoms with Crippen molar-refractivity contribution in [1.82, 2.24) is 0 Å². The van der Waals surface area contributed by atoms with Crippen LogP contribution in [0.4, 0.5) is 0 Å². The largest absolute Gasteiger partial charge is 0.384 e. The number of carbonyl (C=O) groups excluding carboxylic acids is 2. The number of rotatable bonds is 1. The van der Waals surface area contributed by atoms with Crippen LogP contribution in [0.15, 0.2) is 11.6 Å². The molecule has 1 saturated carbocycles. The molecule has 0 aromatic carbocycles. The van der Waals surface area contributed by atoms with Gasteiger partial charge in [0.15, 0.2) is 5.78 Å². The molecule has 3 nitrogen and oxygen atoms in total. The van der Waals surface area contributed by atoms with Crippen molar-refractivity contribution in [3.8, 4) is 0 Å². The van der Waals surface area contributed by atoms with Crippen LogP contribution in [-0.2, 0) is 9.59 Å². The Morgan fingerprint density at radius 3 is 2.79 bits per heavy atom. The second kappa shape index (κ2) is 2.54. The molecule has 0 heterocycles. The van der Waals surface area contributed by atoms with Gasteiger partial charge >= 0.3 is 0 Å². The summed E-state index contributed by atoms with van der Waals surface area (Å²) < 4.78 is 0. The van der Waals surface area contributed by atoms with Crippen molar-refractivity contribution in [2.75, 3.05) is 0 Å². The monoisotopic (exact) mass is 194 g/mol. The molecular formula is C11H14O3. The fourth-order valence-corrected chi connectivity index (χ4v) is 2.70. The van der Waals surface area contributed by atoms with Crippen LogP contribution in [0.1, 0.15) is 33.1 Å². The van der Waals surface area contributed by atoms with Gasteiger partial charge in [-0.3, -0.25) is 9.59 Å². The van der Waals surface area contributed by atoms with Crippen LogP contribution in [0, 0.1) is 5.41 Å². The Morgan fingerprint density at radius 1 is 1.57 bits per heavy atom. The zero-order valence-corrected chi connectivity index (χ0v) is 8.46. The molecule has 0 amide bonds. The molecule has 2 rings (SSSR count). The van der Waals surface area contributed by atoms with E-state index in [0.29, 0.717) is 24.8 Å². The van der Waals surface area contributed by atoms with Gasteiger partial charge in [-0.15, -0.1) is 0 Å². The Labute approximate surface area is 82.8 Å². The van der Waals surface area contributed by atoms with Gasteiger partial charge in [0.1, 0.15) is 11.4 Å². The Morgan fingerprint density at radius 2 is 2.21 bits per heavy atom. The highest BCUT2D eigenvalue weighted by Gasteiger charge is 2.61. The highest BCUT2D eigenvalue weighted by molar-refractivity contribution is 6.01. The Bertz CT molecular complexity index is 356. The van der Waals surface area contributed by atoms with Crippen molar-refractivity contribution in [2.45, 2.75) is 38.7 Å². The summed E-state index contributed by atoms with van der Waals surface area (Å²) in [5.41, 5.74) is -1.49. The molecule has 76 valence electrons. The van der Waals surface area contributed by atoms with Crippen molar-refractivity contribution >= 4 is 11.6 Å². The second-order valence-electron chi connectivity index (χ2n) is 4.49. The SMILES string of the molecule is CC(=O)C1=CC[C@]2(C)C(=O)CC[C@]12O. The van der Waals surface area contributed by atoms with Crippen molar-refractivity contribution < 1.29 is 14.7 Å². The highest BCUT2D eigenvalue weighted by atomic mass is 16.3. The van der Waals surface area contributed by atoms with Gasteiger partial charge in [0, 0.05) is 12.0 Å². The molecule has 0 unspecified atom stereocenters. The second-order valence-corrected chi connectivity index (χ2v) is 4.49. The maximum absolute atomic E-state index is 11.6. The lowest BCUT2D eigenvalue weighted by Gasteiger charge is -2.33. The van der Waals surface area contributed by atoms with E-state index in [0.717, 1.165) is 0 Å². The van der Waals surface area contributed by atoms with Crippen LogP contribution in [0.3, 0.4) is 0 Å². The highest BCUT2D eigenvalue weighted by Crippen LogP contribution is 2.54. The predicted octanol–water partition coefficient (Wildman–Crippen LogP) is 1.01. The fraction of sp³-hybridized carbons (Fsp3) is 0.636. The summed E-state index contributed by atoms with van der Waals surface area (Å²) in [7, 11) is 0. The van der Waals surface area contributed by atoms with Crippen LogP contribution < -0.4 is 0 Å². The van der Waals surface area contributed by atoms with E-state index >= 15 is 0 Å². The zero-order chi connectivity index (χ0) is 10.6. The maximum Gasteiger partial charge on any atom is 0.158 e. The topological polar surface area (TPSA) is 54.4 Å². The van der Waals surface area contributed by atoms with Crippen LogP contribution >= 0.6 is 0 Å². The Hall–Kier alpha value is -0.960. The third-order valence-electron chi connectivity index (χ3n) is 3.78. The van der Waals surface area contributed by atoms with Crippen molar-refractivity contribution in [3.63, 3.8) is 0 Å². The average molecular weight is 194 g/mol. The molecule has 14 heavy (non-hydrogen) atoms. The summed E-state index contributed by atoms with van der Waals surface area (Å²) in [5, 5.41) is 10.4. The van der Waals surface area contributed by atoms with Crippen LogP contribution in [0.2, 0.25) is 0 Å². The minimum Gasteiger partial charge on any atom is -0.384 e. The normalized spacial score (nSPS) is 41.1. The lowest BCUT2D eigenvalue weighted by Crippen LogP contribution is -2.44. The number of Topliss-reactive ketones (excluding diaryl/α,β-unsaturated/α-hetero) is 2. The number of hydrogen-bond donors (Lipinski definition) is 1. The minimum absolute atomic E-state index is 0.0764. The van der Waals surface area contributed by atoms with Gasteiger partial charge in [0.05, 0.1) is 5.41 Å². The van der Waals surface area contributed by atoms with E-state index in [1.54, 1.807) is 13.0 Å². The molecule has 2 atom stereocenters. The van der Waals surface area contributed by atoms with Gasteiger partial charge in [-0.2, -0.15) is 0 Å². The zero-order valence-electron chi connectivity index (χ0n) is 8.46. The predicted molar refractivity (Wildman–Crippen MR) is 50.7 cm³/mol. The van der Waals surface area contributed by atoms with E-state index in [4.69, 9.17) is 0 Å². The number of carbonyl (C=O) groups is 2. The molecule has 0 saturated heterocycles. The van der Waals surface area contributed by atoms with Crippen molar-refractivity contribution in [3.05, 3.63) is 11.6 Å². The summed E-state index contributed by atoms with van der Waals surface area (Å²) in [6.45, 7) is 3.20. The van der Waals surface area contributed by atoms with Gasteiger partial charge in [0.25, 0.3) is 0 Å². The summed E-state index contributed by atoms with van der Waals surface area (Å²) >= 11 is 0. The van der Waals surface area contributed by atoms with E-state index in [2.05, 4.69) is 0 Å². The third kappa shape index (κ3) is 0.857. The first kappa shape index (κ1) is 9.59. The number of aliphatic hydroxyl groups is 1. The molecule has 1 fully saturated rings. The van der Waals surface area contributed by atoms with E-state index in [-0.39, 0.29) is 11.6 Å². The van der Waals surface area contributed by atoms with Gasteiger partial charge in [-0.05, 0) is 26.7 Å². The third-order valence-corrected chi connectivity index (χ3v) is 3.78. The van der Waals surface area contributed by atoms with E-state index in [9.17, 15) is 14.7 Å². The minimum atomic E-state index is -1.18. The quantitative estimate of drug-likeness (QED) is 0.677. The van der Waals surface area contributed by atoms with Gasteiger partial charge < -0.3 is 5.11 Å².